The summed E-state index contributed by atoms with van der Waals surface area (Å²) < 4.78 is 33.7. The fourth-order valence-electron chi connectivity index (χ4n) is 2.67. The first kappa shape index (κ1) is 22.9. The number of methoxy groups -OCH3 is 1. The van der Waals surface area contributed by atoms with Gasteiger partial charge < -0.3 is 10.1 Å². The van der Waals surface area contributed by atoms with Crippen molar-refractivity contribution >= 4 is 21.7 Å². The third-order valence-electron chi connectivity index (χ3n) is 4.34. The van der Waals surface area contributed by atoms with E-state index in [2.05, 4.69) is 15.1 Å². The van der Waals surface area contributed by atoms with E-state index in [-0.39, 0.29) is 27.2 Å². The maximum absolute atomic E-state index is 12.9. The summed E-state index contributed by atoms with van der Waals surface area (Å²) in [5.74, 6) is 0.262. The van der Waals surface area contributed by atoms with Crippen LogP contribution in [0.4, 0.5) is 5.82 Å². The zero-order valence-electron chi connectivity index (χ0n) is 18.2. The van der Waals surface area contributed by atoms with Gasteiger partial charge in [0.05, 0.1) is 18.3 Å². The highest BCUT2D eigenvalue weighted by atomic mass is 32.2. The minimum atomic E-state index is -3.79. The highest BCUT2D eigenvalue weighted by Gasteiger charge is 2.26. The standard InChI is InChI=1S/C20H30N4O4S/c1-19(2,3)16-12-17(24(23-16)20(4,5)6)22-18(25)13-9-10-14(28-8)15(11-13)29(26,27)21-7/h9-12,21H,1-8H3,(H,22,25). The fraction of sp³-hybridized carbons (Fsp3) is 0.500. The number of nitrogens with one attached hydrogen (secondary N) is 2. The van der Waals surface area contributed by atoms with Gasteiger partial charge in [-0.05, 0) is 46.0 Å². The van der Waals surface area contributed by atoms with E-state index in [4.69, 9.17) is 4.74 Å². The molecule has 0 saturated carbocycles. The molecule has 0 radical (unpaired) electrons. The van der Waals surface area contributed by atoms with E-state index in [1.165, 1.54) is 32.4 Å². The van der Waals surface area contributed by atoms with Crippen molar-refractivity contribution in [3.8, 4) is 5.75 Å². The van der Waals surface area contributed by atoms with E-state index >= 15 is 0 Å². The number of benzene rings is 1. The molecule has 2 rings (SSSR count). The zero-order valence-corrected chi connectivity index (χ0v) is 19.1. The second kappa shape index (κ2) is 7.79. The van der Waals surface area contributed by atoms with Crippen molar-refractivity contribution in [1.29, 1.82) is 0 Å². The number of sulfonamides is 1. The summed E-state index contributed by atoms with van der Waals surface area (Å²) in [4.78, 5) is 12.8. The second-order valence-electron chi connectivity index (χ2n) is 8.77. The van der Waals surface area contributed by atoms with Crippen molar-refractivity contribution in [2.24, 2.45) is 0 Å². The first-order valence-corrected chi connectivity index (χ1v) is 10.7. The van der Waals surface area contributed by atoms with Crippen LogP contribution in [0.15, 0.2) is 29.2 Å². The van der Waals surface area contributed by atoms with Gasteiger partial charge in [0.1, 0.15) is 16.5 Å². The van der Waals surface area contributed by atoms with Crippen molar-refractivity contribution in [1.82, 2.24) is 14.5 Å². The van der Waals surface area contributed by atoms with Gasteiger partial charge in [-0.1, -0.05) is 20.8 Å². The molecule has 0 fully saturated rings. The summed E-state index contributed by atoms with van der Waals surface area (Å²) >= 11 is 0. The molecule has 0 aliphatic rings. The summed E-state index contributed by atoms with van der Waals surface area (Å²) in [6.07, 6.45) is 0. The molecular weight excluding hydrogens is 392 g/mol. The highest BCUT2D eigenvalue weighted by Crippen LogP contribution is 2.29. The molecule has 2 aromatic rings. The number of hydrogen-bond acceptors (Lipinski definition) is 5. The third kappa shape index (κ3) is 4.97. The molecule has 160 valence electrons. The molecule has 0 unspecified atom stereocenters. The molecule has 0 atom stereocenters. The maximum atomic E-state index is 12.9. The number of rotatable bonds is 5. The number of anilines is 1. The van der Waals surface area contributed by atoms with Crippen molar-refractivity contribution in [3.05, 3.63) is 35.5 Å². The molecule has 0 spiro atoms. The number of carbonyl (C=O) groups is 1. The van der Waals surface area contributed by atoms with Crippen molar-refractivity contribution in [2.75, 3.05) is 19.5 Å². The Hall–Kier alpha value is -2.39. The van der Waals surface area contributed by atoms with Gasteiger partial charge in [-0.3, -0.25) is 4.79 Å². The Morgan fingerprint density at radius 2 is 1.72 bits per heavy atom. The van der Waals surface area contributed by atoms with Crippen LogP contribution < -0.4 is 14.8 Å². The lowest BCUT2D eigenvalue weighted by Crippen LogP contribution is -2.27. The molecule has 1 amide bonds. The fourth-order valence-corrected chi connectivity index (χ4v) is 3.59. The van der Waals surface area contributed by atoms with Crippen LogP contribution in [0.3, 0.4) is 0 Å². The third-order valence-corrected chi connectivity index (χ3v) is 5.77. The molecule has 2 N–H and O–H groups in total. The lowest BCUT2D eigenvalue weighted by Gasteiger charge is -2.23. The minimum Gasteiger partial charge on any atom is -0.495 e. The Labute approximate surface area is 172 Å². The first-order chi connectivity index (χ1) is 13.2. The van der Waals surface area contributed by atoms with Gasteiger partial charge in [0.25, 0.3) is 5.91 Å². The summed E-state index contributed by atoms with van der Waals surface area (Å²) in [7, 11) is -1.11. The van der Waals surface area contributed by atoms with E-state index in [9.17, 15) is 13.2 Å². The average Bonchev–Trinajstić information content (AvgIpc) is 3.05. The molecule has 0 aliphatic heterocycles. The first-order valence-electron chi connectivity index (χ1n) is 9.24. The van der Waals surface area contributed by atoms with E-state index in [0.717, 1.165) is 5.69 Å². The lowest BCUT2D eigenvalue weighted by atomic mass is 9.92. The second-order valence-corrected chi connectivity index (χ2v) is 10.6. The van der Waals surface area contributed by atoms with Gasteiger partial charge in [0.15, 0.2) is 0 Å². The average molecular weight is 423 g/mol. The summed E-state index contributed by atoms with van der Waals surface area (Å²) in [5.41, 5.74) is 0.492. The number of aromatic nitrogens is 2. The zero-order chi connectivity index (χ0) is 22.2. The Balaban J connectivity index is 2.48. The Morgan fingerprint density at radius 3 is 2.21 bits per heavy atom. The van der Waals surface area contributed by atoms with Crippen molar-refractivity contribution in [2.45, 2.75) is 57.4 Å². The van der Waals surface area contributed by atoms with E-state index < -0.39 is 15.9 Å². The molecular formula is C20H30N4O4S. The van der Waals surface area contributed by atoms with Crippen LogP contribution >= 0.6 is 0 Å². The topological polar surface area (TPSA) is 102 Å². The Morgan fingerprint density at radius 1 is 1.10 bits per heavy atom. The molecule has 1 aromatic carbocycles. The molecule has 29 heavy (non-hydrogen) atoms. The predicted molar refractivity (Wildman–Crippen MR) is 113 cm³/mol. The molecule has 0 aliphatic carbocycles. The molecule has 0 bridgehead atoms. The highest BCUT2D eigenvalue weighted by molar-refractivity contribution is 7.89. The summed E-state index contributed by atoms with van der Waals surface area (Å²) in [6.45, 7) is 12.1. The van der Waals surface area contributed by atoms with Crippen LogP contribution in [0, 0.1) is 0 Å². The molecule has 8 nitrogen and oxygen atoms in total. The number of carbonyl (C=O) groups excluding carboxylic acids is 1. The number of hydrogen-bond donors (Lipinski definition) is 2. The van der Waals surface area contributed by atoms with Crippen LogP contribution in [-0.2, 0) is 21.0 Å². The van der Waals surface area contributed by atoms with Crippen LogP contribution in [0.25, 0.3) is 0 Å². The lowest BCUT2D eigenvalue weighted by molar-refractivity contribution is 0.102. The number of ether oxygens (including phenoxy) is 1. The van der Waals surface area contributed by atoms with Crippen LogP contribution in [0.1, 0.15) is 57.6 Å². The number of nitrogens with zero attached hydrogens (tertiary/aromatic N) is 2. The van der Waals surface area contributed by atoms with Crippen molar-refractivity contribution < 1.29 is 17.9 Å². The van der Waals surface area contributed by atoms with Gasteiger partial charge in [-0.15, -0.1) is 0 Å². The van der Waals surface area contributed by atoms with Crippen LogP contribution in [0.5, 0.6) is 5.75 Å². The van der Waals surface area contributed by atoms with Gasteiger partial charge in [-0.2, -0.15) is 5.10 Å². The van der Waals surface area contributed by atoms with Crippen molar-refractivity contribution in [3.63, 3.8) is 0 Å². The maximum Gasteiger partial charge on any atom is 0.256 e. The Bertz CT molecular complexity index is 1010. The molecule has 9 heteroatoms. The van der Waals surface area contributed by atoms with Crippen LogP contribution in [0.2, 0.25) is 0 Å². The SMILES string of the molecule is CNS(=O)(=O)c1cc(C(=O)Nc2cc(C(C)(C)C)nn2C(C)(C)C)ccc1OC. The van der Waals surface area contributed by atoms with E-state index in [0.29, 0.717) is 5.82 Å². The molecule has 1 heterocycles. The summed E-state index contributed by atoms with van der Waals surface area (Å²) in [6, 6.07) is 6.12. The summed E-state index contributed by atoms with van der Waals surface area (Å²) in [5, 5.41) is 7.54. The predicted octanol–water partition coefficient (Wildman–Crippen LogP) is 3.10. The quantitative estimate of drug-likeness (QED) is 0.771. The number of amides is 1. The Kier molecular flexibility index (Phi) is 6.15. The molecule has 0 saturated heterocycles. The smallest absolute Gasteiger partial charge is 0.256 e. The van der Waals surface area contributed by atoms with Gasteiger partial charge in [0, 0.05) is 17.0 Å². The van der Waals surface area contributed by atoms with Gasteiger partial charge >= 0.3 is 0 Å². The van der Waals surface area contributed by atoms with E-state index in [1.54, 1.807) is 4.68 Å². The minimum absolute atomic E-state index is 0.102. The van der Waals surface area contributed by atoms with E-state index in [1.807, 2.05) is 47.6 Å². The van der Waals surface area contributed by atoms with Gasteiger partial charge in [0.2, 0.25) is 10.0 Å². The largest absolute Gasteiger partial charge is 0.495 e. The molecule has 1 aromatic heterocycles. The van der Waals surface area contributed by atoms with Crippen LogP contribution in [-0.4, -0.2) is 38.3 Å². The van der Waals surface area contributed by atoms with Gasteiger partial charge in [-0.25, -0.2) is 17.8 Å². The monoisotopic (exact) mass is 422 g/mol. The normalized spacial score (nSPS) is 12.7.